The van der Waals surface area contributed by atoms with Gasteiger partial charge in [-0.3, -0.25) is 9.20 Å². The molecule has 0 spiro atoms. The lowest BCUT2D eigenvalue weighted by atomic mass is 9.91. The van der Waals surface area contributed by atoms with Gasteiger partial charge in [-0.05, 0) is 30.5 Å². The number of rotatable bonds is 4. The smallest absolute Gasteiger partial charge is 0.410 e. The van der Waals surface area contributed by atoms with Gasteiger partial charge in [-0.2, -0.15) is 8.78 Å². The van der Waals surface area contributed by atoms with E-state index in [4.69, 9.17) is 19.2 Å². The first-order valence-electron chi connectivity index (χ1n) is 12.8. The predicted octanol–water partition coefficient (Wildman–Crippen LogP) is 3.62. The second-order valence-corrected chi connectivity index (χ2v) is 10.2. The molecule has 0 N–H and O–H groups in total. The Hall–Kier alpha value is -4.06. The first kappa shape index (κ1) is 24.0. The zero-order valence-corrected chi connectivity index (χ0v) is 21.0. The summed E-state index contributed by atoms with van der Waals surface area (Å²) in [7, 11) is 1.71. The van der Waals surface area contributed by atoms with Crippen LogP contribution >= 0.6 is 0 Å². The highest BCUT2D eigenvalue weighted by atomic mass is 19.3. The molecule has 2 aromatic heterocycles. The van der Waals surface area contributed by atoms with Gasteiger partial charge in [0.25, 0.3) is 5.91 Å². The Morgan fingerprint density at radius 2 is 2.10 bits per heavy atom. The standard InChI is InChI=1S/C27H25F2N5O5/c1-32-19-9-18(21-17(24(32)35)3-2-4-20(21)39-25(28)29)23-22(19)31-26-30-10-15(11-34(23)26)14-5-7-33(8-6-14)27(36)38-16-12-37-13-16/h2-5,10-11,16,18-19,25H,6-9,12-13H2,1H3. The van der Waals surface area contributed by atoms with E-state index in [0.29, 0.717) is 61.7 Å². The van der Waals surface area contributed by atoms with Gasteiger partial charge in [0.2, 0.25) is 5.78 Å². The summed E-state index contributed by atoms with van der Waals surface area (Å²) in [6, 6.07) is 4.38. The molecule has 4 aliphatic rings. The predicted molar refractivity (Wildman–Crippen MR) is 133 cm³/mol. The number of ether oxygens (including phenoxy) is 3. The SMILES string of the molecule is CN1C(=O)c2cccc(OC(F)F)c2C2CC1c1nc3ncc(C4=CCN(C(=O)OC5COC5)CC4)cn3c12. The van der Waals surface area contributed by atoms with Crippen molar-refractivity contribution in [3.63, 3.8) is 0 Å². The topological polar surface area (TPSA) is 98.5 Å². The van der Waals surface area contributed by atoms with Crippen LogP contribution in [0.1, 0.15) is 57.7 Å². The van der Waals surface area contributed by atoms with E-state index >= 15 is 0 Å². The van der Waals surface area contributed by atoms with Crippen molar-refractivity contribution >= 4 is 23.4 Å². The minimum absolute atomic E-state index is 0.00255. The number of alkyl halides is 2. The van der Waals surface area contributed by atoms with Gasteiger partial charge in [0, 0.05) is 55.1 Å². The highest BCUT2D eigenvalue weighted by molar-refractivity contribution is 5.98. The van der Waals surface area contributed by atoms with E-state index in [9.17, 15) is 18.4 Å². The molecule has 12 heteroatoms. The maximum absolute atomic E-state index is 13.3. The van der Waals surface area contributed by atoms with Crippen LogP contribution in [0.3, 0.4) is 0 Å². The van der Waals surface area contributed by atoms with Crippen LogP contribution in [0.25, 0.3) is 11.4 Å². The van der Waals surface area contributed by atoms with Crippen LogP contribution in [0, 0.1) is 0 Å². The third kappa shape index (κ3) is 3.84. The lowest BCUT2D eigenvalue weighted by Gasteiger charge is -2.31. The molecule has 1 saturated heterocycles. The fraction of sp³-hybridized carbons (Fsp3) is 0.407. The van der Waals surface area contributed by atoms with Crippen molar-refractivity contribution in [2.45, 2.75) is 37.5 Å². The molecule has 3 aromatic rings. The van der Waals surface area contributed by atoms with E-state index in [-0.39, 0.29) is 35.8 Å². The molecule has 1 aliphatic carbocycles. The number of imidazole rings is 1. The molecule has 2 amide bonds. The van der Waals surface area contributed by atoms with Crippen molar-refractivity contribution in [3.8, 4) is 5.75 Å². The minimum Gasteiger partial charge on any atom is -0.441 e. The first-order chi connectivity index (χ1) is 18.9. The van der Waals surface area contributed by atoms with E-state index in [0.717, 1.165) is 16.8 Å². The summed E-state index contributed by atoms with van der Waals surface area (Å²) in [6.45, 7) is -1.21. The molecule has 7 rings (SSSR count). The number of hydrogen-bond acceptors (Lipinski definition) is 7. The van der Waals surface area contributed by atoms with Gasteiger partial charge in [0.15, 0.2) is 6.10 Å². The largest absolute Gasteiger partial charge is 0.441 e. The number of aromatic nitrogens is 3. The van der Waals surface area contributed by atoms with Crippen LogP contribution in [0.4, 0.5) is 13.6 Å². The Kier molecular flexibility index (Phi) is 5.55. The normalized spacial score (nSPS) is 22.4. The number of fused-ring (bicyclic) bond motifs is 9. The van der Waals surface area contributed by atoms with Gasteiger partial charge in [0.1, 0.15) is 5.75 Å². The number of halogens is 2. The molecule has 0 saturated carbocycles. The van der Waals surface area contributed by atoms with E-state index < -0.39 is 6.61 Å². The maximum atomic E-state index is 13.3. The third-order valence-corrected chi connectivity index (χ3v) is 8.01. The molecule has 2 atom stereocenters. The average Bonchev–Trinajstić information content (AvgIpc) is 3.43. The quantitative estimate of drug-likeness (QED) is 0.502. The maximum Gasteiger partial charge on any atom is 0.410 e. The van der Waals surface area contributed by atoms with Crippen molar-refractivity contribution in [1.82, 2.24) is 24.2 Å². The lowest BCUT2D eigenvalue weighted by molar-refractivity contribution is -0.104. The number of carbonyl (C=O) groups is 2. The van der Waals surface area contributed by atoms with E-state index in [1.54, 1.807) is 35.2 Å². The summed E-state index contributed by atoms with van der Waals surface area (Å²) in [6.07, 6.45) is 6.31. The van der Waals surface area contributed by atoms with Gasteiger partial charge < -0.3 is 24.0 Å². The summed E-state index contributed by atoms with van der Waals surface area (Å²) in [5.41, 5.74) is 4.25. The summed E-state index contributed by atoms with van der Waals surface area (Å²) in [5, 5.41) is 0. The minimum atomic E-state index is -3.02. The molecule has 3 aliphatic heterocycles. The fourth-order valence-electron chi connectivity index (χ4n) is 5.98. The van der Waals surface area contributed by atoms with Crippen LogP contribution < -0.4 is 4.74 Å². The number of amides is 2. The number of carbonyl (C=O) groups excluding carboxylic acids is 2. The van der Waals surface area contributed by atoms with Gasteiger partial charge in [-0.1, -0.05) is 12.1 Å². The van der Waals surface area contributed by atoms with Crippen molar-refractivity contribution in [2.75, 3.05) is 33.4 Å². The van der Waals surface area contributed by atoms with Crippen LogP contribution in [0.2, 0.25) is 0 Å². The molecule has 5 heterocycles. The van der Waals surface area contributed by atoms with Crippen LogP contribution in [0.5, 0.6) is 5.75 Å². The van der Waals surface area contributed by atoms with Crippen LogP contribution in [-0.2, 0) is 9.47 Å². The zero-order valence-electron chi connectivity index (χ0n) is 21.0. The van der Waals surface area contributed by atoms with E-state index in [1.165, 1.54) is 6.07 Å². The monoisotopic (exact) mass is 537 g/mol. The second kappa shape index (κ2) is 9.01. The number of nitrogens with zero attached hydrogens (tertiary/aromatic N) is 5. The van der Waals surface area contributed by atoms with Crippen molar-refractivity contribution in [3.05, 3.63) is 64.7 Å². The fourth-order valence-corrected chi connectivity index (χ4v) is 5.98. The summed E-state index contributed by atoms with van der Waals surface area (Å²) in [5.74, 6) is -0.164. The molecular weight excluding hydrogens is 512 g/mol. The Balaban J connectivity index is 1.25. The molecule has 2 bridgehead atoms. The average molecular weight is 538 g/mol. The molecule has 10 nitrogen and oxygen atoms in total. The first-order valence-corrected chi connectivity index (χ1v) is 12.8. The van der Waals surface area contributed by atoms with Crippen molar-refractivity contribution in [2.24, 2.45) is 0 Å². The molecule has 0 radical (unpaired) electrons. The molecule has 2 unspecified atom stereocenters. The van der Waals surface area contributed by atoms with Crippen LogP contribution in [-0.4, -0.2) is 82.2 Å². The number of hydrogen-bond donors (Lipinski definition) is 0. The molecular formula is C27H25F2N5O5. The Labute approximate surface area is 221 Å². The molecule has 1 fully saturated rings. The highest BCUT2D eigenvalue weighted by Crippen LogP contribution is 2.52. The molecule has 39 heavy (non-hydrogen) atoms. The van der Waals surface area contributed by atoms with Gasteiger partial charge in [-0.15, -0.1) is 0 Å². The molecule has 202 valence electrons. The Morgan fingerprint density at radius 3 is 2.82 bits per heavy atom. The van der Waals surface area contributed by atoms with E-state index in [1.807, 2.05) is 16.7 Å². The lowest BCUT2D eigenvalue weighted by Crippen LogP contribution is -2.43. The Morgan fingerprint density at radius 1 is 1.26 bits per heavy atom. The van der Waals surface area contributed by atoms with E-state index in [2.05, 4.69) is 4.98 Å². The van der Waals surface area contributed by atoms with Crippen molar-refractivity contribution in [1.29, 1.82) is 0 Å². The van der Waals surface area contributed by atoms with Crippen molar-refractivity contribution < 1.29 is 32.6 Å². The third-order valence-electron chi connectivity index (χ3n) is 8.01. The summed E-state index contributed by atoms with van der Waals surface area (Å²) >= 11 is 0. The molecule has 1 aromatic carbocycles. The summed E-state index contributed by atoms with van der Waals surface area (Å²) < 4.78 is 43.9. The zero-order chi connectivity index (χ0) is 26.8. The van der Waals surface area contributed by atoms with Crippen LogP contribution in [0.15, 0.2) is 36.7 Å². The summed E-state index contributed by atoms with van der Waals surface area (Å²) in [4.78, 5) is 38.3. The number of benzene rings is 1. The highest BCUT2D eigenvalue weighted by Gasteiger charge is 2.46. The van der Waals surface area contributed by atoms with Gasteiger partial charge in [-0.25, -0.2) is 14.8 Å². The second-order valence-electron chi connectivity index (χ2n) is 10.2. The Bertz CT molecular complexity index is 1530. The van der Waals surface area contributed by atoms with Gasteiger partial charge in [0.05, 0.1) is 30.6 Å². The van der Waals surface area contributed by atoms with Gasteiger partial charge >= 0.3 is 12.7 Å².